The molecular weight excluding hydrogens is 328 g/mol. The topological polar surface area (TPSA) is 58.6 Å². The van der Waals surface area contributed by atoms with Crippen LogP contribution in [0, 0.1) is 0 Å². The molecule has 2 aromatic carbocycles. The van der Waals surface area contributed by atoms with Crippen LogP contribution in [0.4, 0.5) is 11.4 Å². The summed E-state index contributed by atoms with van der Waals surface area (Å²) in [7, 11) is 0. The molecule has 26 heavy (non-hydrogen) atoms. The van der Waals surface area contributed by atoms with Gasteiger partial charge in [0.05, 0.1) is 6.10 Å². The minimum absolute atomic E-state index is 0.0312. The van der Waals surface area contributed by atoms with Crippen molar-refractivity contribution in [2.45, 2.75) is 40.2 Å². The number of carbonyl (C=O) groups excluding carboxylic acids is 2. The van der Waals surface area contributed by atoms with Crippen molar-refractivity contribution in [1.82, 2.24) is 0 Å². The third kappa shape index (κ3) is 5.34. The van der Waals surface area contributed by atoms with E-state index in [1.54, 1.807) is 12.1 Å². The van der Waals surface area contributed by atoms with Crippen LogP contribution in [0.15, 0.2) is 48.5 Å². The van der Waals surface area contributed by atoms with Gasteiger partial charge in [-0.3, -0.25) is 9.59 Å². The molecule has 2 amide bonds. The summed E-state index contributed by atoms with van der Waals surface area (Å²) in [5.74, 6) is 0.339. The fourth-order valence-electron chi connectivity index (χ4n) is 2.67. The van der Waals surface area contributed by atoms with E-state index in [1.807, 2.05) is 57.2 Å². The first-order chi connectivity index (χ1) is 12.4. The molecule has 0 heterocycles. The van der Waals surface area contributed by atoms with Crippen molar-refractivity contribution in [2.75, 3.05) is 16.8 Å². The Morgan fingerprint density at radius 2 is 1.73 bits per heavy atom. The van der Waals surface area contributed by atoms with Gasteiger partial charge in [0.2, 0.25) is 11.8 Å². The molecule has 0 unspecified atom stereocenters. The number of nitrogens with one attached hydrogen (secondary N) is 1. The van der Waals surface area contributed by atoms with E-state index < -0.39 is 0 Å². The van der Waals surface area contributed by atoms with Crippen LogP contribution in [0.1, 0.15) is 33.3 Å². The van der Waals surface area contributed by atoms with Gasteiger partial charge in [-0.15, -0.1) is 0 Å². The van der Waals surface area contributed by atoms with Gasteiger partial charge in [0.25, 0.3) is 0 Å². The molecule has 0 radical (unpaired) electrons. The van der Waals surface area contributed by atoms with Gasteiger partial charge < -0.3 is 15.0 Å². The molecular formula is C21H26N2O3. The highest BCUT2D eigenvalue weighted by molar-refractivity contribution is 6.02. The molecule has 5 heteroatoms. The molecule has 2 rings (SSSR count). The zero-order valence-corrected chi connectivity index (χ0v) is 15.8. The van der Waals surface area contributed by atoms with Crippen molar-refractivity contribution in [3.05, 3.63) is 54.1 Å². The van der Waals surface area contributed by atoms with Crippen LogP contribution in [0.5, 0.6) is 5.75 Å². The third-order valence-electron chi connectivity index (χ3n) is 3.86. The average molecular weight is 354 g/mol. The first-order valence-corrected chi connectivity index (χ1v) is 8.83. The highest BCUT2D eigenvalue weighted by Gasteiger charge is 2.18. The molecule has 0 atom stereocenters. The van der Waals surface area contributed by atoms with Crippen molar-refractivity contribution in [3.8, 4) is 5.75 Å². The molecule has 0 spiro atoms. The Bertz CT molecular complexity index is 754. The van der Waals surface area contributed by atoms with E-state index in [2.05, 4.69) is 5.32 Å². The van der Waals surface area contributed by atoms with E-state index >= 15 is 0 Å². The highest BCUT2D eigenvalue weighted by Crippen LogP contribution is 2.22. The number of para-hydroxylation sites is 1. The molecule has 0 aromatic heterocycles. The Kier molecular flexibility index (Phi) is 6.78. The molecule has 138 valence electrons. The number of carbonyl (C=O) groups is 2. The molecule has 0 saturated carbocycles. The molecule has 0 aliphatic carbocycles. The van der Waals surface area contributed by atoms with E-state index in [9.17, 15) is 9.59 Å². The van der Waals surface area contributed by atoms with Crippen molar-refractivity contribution >= 4 is 23.2 Å². The lowest BCUT2D eigenvalue weighted by Gasteiger charge is -2.23. The number of amides is 2. The number of hydrogen-bond donors (Lipinski definition) is 1. The summed E-state index contributed by atoms with van der Waals surface area (Å²) in [5.41, 5.74) is 2.47. The second kappa shape index (κ2) is 9.04. The maximum atomic E-state index is 12.4. The van der Waals surface area contributed by atoms with Gasteiger partial charge in [-0.2, -0.15) is 0 Å². The second-order valence-electron chi connectivity index (χ2n) is 6.33. The fourth-order valence-corrected chi connectivity index (χ4v) is 2.67. The molecule has 5 nitrogen and oxygen atoms in total. The second-order valence-corrected chi connectivity index (χ2v) is 6.33. The quantitative estimate of drug-likeness (QED) is 0.817. The van der Waals surface area contributed by atoms with Crippen LogP contribution in [-0.2, 0) is 16.0 Å². The van der Waals surface area contributed by atoms with Gasteiger partial charge in [-0.1, -0.05) is 25.1 Å². The van der Waals surface area contributed by atoms with Crippen LogP contribution in [-0.4, -0.2) is 24.5 Å². The van der Waals surface area contributed by atoms with Gasteiger partial charge in [0.1, 0.15) is 12.3 Å². The number of nitrogens with zero attached hydrogens (tertiary/aromatic N) is 1. The Hall–Kier alpha value is -2.82. The molecule has 0 aliphatic heterocycles. The number of aryl methyl sites for hydroxylation is 1. The monoisotopic (exact) mass is 354 g/mol. The number of ether oxygens (including phenoxy) is 1. The van der Waals surface area contributed by atoms with Crippen LogP contribution in [0.2, 0.25) is 0 Å². The Balaban J connectivity index is 2.07. The van der Waals surface area contributed by atoms with E-state index in [-0.39, 0.29) is 24.5 Å². The maximum absolute atomic E-state index is 12.4. The van der Waals surface area contributed by atoms with E-state index in [0.717, 1.165) is 23.4 Å². The molecule has 0 bridgehead atoms. The zero-order valence-electron chi connectivity index (χ0n) is 15.8. The van der Waals surface area contributed by atoms with Gasteiger partial charge >= 0.3 is 0 Å². The highest BCUT2D eigenvalue weighted by atomic mass is 16.5. The van der Waals surface area contributed by atoms with Crippen LogP contribution in [0.25, 0.3) is 0 Å². The number of rotatable bonds is 7. The van der Waals surface area contributed by atoms with E-state index in [1.165, 1.54) is 11.8 Å². The summed E-state index contributed by atoms with van der Waals surface area (Å²) < 4.78 is 5.59. The van der Waals surface area contributed by atoms with Gasteiger partial charge in [0, 0.05) is 18.3 Å². The number of hydrogen-bond acceptors (Lipinski definition) is 3. The van der Waals surface area contributed by atoms with Crippen LogP contribution >= 0.6 is 0 Å². The minimum Gasteiger partial charge on any atom is -0.491 e. The van der Waals surface area contributed by atoms with Crippen molar-refractivity contribution in [3.63, 3.8) is 0 Å². The Morgan fingerprint density at radius 3 is 2.31 bits per heavy atom. The summed E-state index contributed by atoms with van der Waals surface area (Å²) >= 11 is 0. The Labute approximate surface area is 155 Å². The molecule has 0 aliphatic rings. The minimum atomic E-state index is -0.247. The summed E-state index contributed by atoms with van der Waals surface area (Å²) in [6.45, 7) is 7.38. The predicted molar refractivity (Wildman–Crippen MR) is 105 cm³/mol. The lowest BCUT2D eigenvalue weighted by atomic mass is 10.1. The van der Waals surface area contributed by atoms with Crippen LogP contribution < -0.4 is 15.0 Å². The maximum Gasteiger partial charge on any atom is 0.244 e. The normalized spacial score (nSPS) is 10.5. The molecule has 2 aromatic rings. The lowest BCUT2D eigenvalue weighted by molar-refractivity contribution is -0.120. The molecule has 0 fully saturated rings. The third-order valence-corrected chi connectivity index (χ3v) is 3.86. The number of benzene rings is 2. The van der Waals surface area contributed by atoms with Crippen molar-refractivity contribution in [1.29, 1.82) is 0 Å². The molecule has 0 saturated heterocycles. The summed E-state index contributed by atoms with van der Waals surface area (Å²) in [6.07, 6.45) is 0.886. The fraction of sp³-hybridized carbons (Fsp3) is 0.333. The summed E-state index contributed by atoms with van der Waals surface area (Å²) in [5, 5.41) is 2.83. The standard InChI is InChI=1S/C21H26N2O3/c1-5-17-8-6-7-9-20(17)23(16(4)24)14-21(25)22-18-10-12-19(13-11-18)26-15(2)3/h6-13,15H,5,14H2,1-4H3,(H,22,25). The van der Waals surface area contributed by atoms with Crippen LogP contribution in [0.3, 0.4) is 0 Å². The first kappa shape index (κ1) is 19.5. The lowest BCUT2D eigenvalue weighted by Crippen LogP contribution is -2.37. The van der Waals surface area contributed by atoms with Gasteiger partial charge in [0.15, 0.2) is 0 Å². The van der Waals surface area contributed by atoms with Crippen molar-refractivity contribution in [2.24, 2.45) is 0 Å². The largest absolute Gasteiger partial charge is 0.491 e. The SMILES string of the molecule is CCc1ccccc1N(CC(=O)Nc1ccc(OC(C)C)cc1)C(C)=O. The molecule has 1 N–H and O–H groups in total. The average Bonchev–Trinajstić information content (AvgIpc) is 2.60. The van der Waals surface area contributed by atoms with E-state index in [4.69, 9.17) is 4.74 Å². The van der Waals surface area contributed by atoms with E-state index in [0.29, 0.717) is 5.69 Å². The number of anilines is 2. The van der Waals surface area contributed by atoms with Gasteiger partial charge in [-0.25, -0.2) is 0 Å². The first-order valence-electron chi connectivity index (χ1n) is 8.83. The van der Waals surface area contributed by atoms with Crippen molar-refractivity contribution < 1.29 is 14.3 Å². The summed E-state index contributed by atoms with van der Waals surface area (Å²) in [4.78, 5) is 26.0. The summed E-state index contributed by atoms with van der Waals surface area (Å²) in [6, 6.07) is 14.8. The smallest absolute Gasteiger partial charge is 0.244 e. The zero-order chi connectivity index (χ0) is 19.1. The predicted octanol–water partition coefficient (Wildman–Crippen LogP) is 4.03. The Morgan fingerprint density at radius 1 is 1.08 bits per heavy atom. The van der Waals surface area contributed by atoms with Gasteiger partial charge in [-0.05, 0) is 56.2 Å².